The van der Waals surface area contributed by atoms with Crippen molar-refractivity contribution < 1.29 is 26.0 Å². The zero-order chi connectivity index (χ0) is 20.8. The number of nitrogens with one attached hydrogen (secondary N) is 1. The molecule has 0 atom stereocenters. The van der Waals surface area contributed by atoms with Crippen LogP contribution in [0.3, 0.4) is 0 Å². The van der Waals surface area contributed by atoms with Crippen LogP contribution in [0, 0.1) is 5.82 Å². The highest BCUT2D eigenvalue weighted by molar-refractivity contribution is 8.12. The molecule has 1 aliphatic rings. The number of halogens is 1. The molecule has 29 heavy (non-hydrogen) atoms. The lowest BCUT2D eigenvalue weighted by Gasteiger charge is -2.17. The van der Waals surface area contributed by atoms with Crippen LogP contribution in [0.5, 0.6) is 0 Å². The van der Waals surface area contributed by atoms with Gasteiger partial charge in [0.2, 0.25) is 0 Å². The van der Waals surface area contributed by atoms with E-state index in [-0.39, 0.29) is 24.9 Å². The first kappa shape index (κ1) is 19.0. The van der Waals surface area contributed by atoms with Gasteiger partial charge in [-0.15, -0.1) is 0 Å². The molecule has 3 aromatic rings. The number of hydrogen-bond acceptors (Lipinski definition) is 6. The summed E-state index contributed by atoms with van der Waals surface area (Å²) in [7, 11) is -8.84. The van der Waals surface area contributed by atoms with Gasteiger partial charge in [-0.25, -0.2) is 4.39 Å². The zero-order valence-electron chi connectivity index (χ0n) is 14.5. The summed E-state index contributed by atoms with van der Waals surface area (Å²) in [6, 6.07) is 12.7. The molecule has 0 radical (unpaired) electrons. The summed E-state index contributed by atoms with van der Waals surface area (Å²) in [5, 5.41) is 2.31. The van der Waals surface area contributed by atoms with Gasteiger partial charge in [0.05, 0.1) is 11.4 Å². The lowest BCUT2D eigenvalue weighted by molar-refractivity contribution is 0.102. The Morgan fingerprint density at radius 1 is 0.897 bits per heavy atom. The molecule has 1 amide bonds. The largest absolute Gasteiger partial charge is 0.318 e. The third-order valence-corrected chi connectivity index (χ3v) is 8.58. The average Bonchev–Trinajstić information content (AvgIpc) is 2.86. The monoisotopic (exact) mass is 433 g/mol. The number of carbonyl (C=O) groups excluding carboxylic acids is 1. The number of amides is 1. The Labute approximate surface area is 165 Å². The molecular weight excluding hydrogens is 421 g/mol. The van der Waals surface area contributed by atoms with Crippen LogP contribution in [0.2, 0.25) is 0 Å². The maximum atomic E-state index is 14.6. The SMILES string of the molecule is O=C(Nc1ccc(N2S(=O)(=O)c3ccccc3S2(=O)=O)cc1F)c1ccccn1. The topological polar surface area (TPSA) is 114 Å². The number of carbonyl (C=O) groups is 1. The predicted molar refractivity (Wildman–Crippen MR) is 102 cm³/mol. The van der Waals surface area contributed by atoms with Gasteiger partial charge in [0.25, 0.3) is 26.0 Å². The van der Waals surface area contributed by atoms with Crippen molar-refractivity contribution in [2.45, 2.75) is 9.79 Å². The van der Waals surface area contributed by atoms with Gasteiger partial charge in [-0.05, 0) is 36.4 Å². The van der Waals surface area contributed by atoms with Crippen molar-refractivity contribution >= 4 is 37.3 Å². The summed E-state index contributed by atoms with van der Waals surface area (Å²) in [6.07, 6.45) is 1.40. The van der Waals surface area contributed by atoms with Gasteiger partial charge in [0.1, 0.15) is 21.3 Å². The van der Waals surface area contributed by atoms with Crippen LogP contribution in [-0.2, 0) is 20.0 Å². The summed E-state index contributed by atoms with van der Waals surface area (Å²) in [4.78, 5) is 15.2. The number of sulfonamides is 2. The molecule has 11 heteroatoms. The molecule has 0 saturated heterocycles. The summed E-state index contributed by atoms with van der Waals surface area (Å²) in [6.45, 7) is 0. The van der Waals surface area contributed by atoms with E-state index in [4.69, 9.17) is 0 Å². The maximum Gasteiger partial charge on any atom is 0.279 e. The van der Waals surface area contributed by atoms with Gasteiger partial charge < -0.3 is 5.32 Å². The Morgan fingerprint density at radius 3 is 2.07 bits per heavy atom. The first-order valence-corrected chi connectivity index (χ1v) is 11.0. The fourth-order valence-corrected chi connectivity index (χ4v) is 7.30. The van der Waals surface area contributed by atoms with Crippen LogP contribution in [0.1, 0.15) is 10.5 Å². The number of pyridine rings is 1. The molecule has 148 valence electrons. The summed E-state index contributed by atoms with van der Waals surface area (Å²) in [5.41, 5.74) is -0.610. The van der Waals surface area contributed by atoms with Gasteiger partial charge in [0.15, 0.2) is 0 Å². The van der Waals surface area contributed by atoms with Gasteiger partial charge in [-0.3, -0.25) is 9.78 Å². The summed E-state index contributed by atoms with van der Waals surface area (Å²) < 4.78 is 65.6. The van der Waals surface area contributed by atoms with Gasteiger partial charge >= 0.3 is 0 Å². The van der Waals surface area contributed by atoms with Crippen molar-refractivity contribution in [2.24, 2.45) is 0 Å². The molecule has 2 heterocycles. The lowest BCUT2D eigenvalue weighted by atomic mass is 10.2. The number of rotatable bonds is 3. The van der Waals surface area contributed by atoms with Crippen LogP contribution in [0.15, 0.2) is 76.7 Å². The molecule has 0 fully saturated rings. The second kappa shape index (κ2) is 6.64. The zero-order valence-corrected chi connectivity index (χ0v) is 16.1. The van der Waals surface area contributed by atoms with Crippen molar-refractivity contribution in [1.29, 1.82) is 0 Å². The fraction of sp³-hybridized carbons (Fsp3) is 0. The number of nitrogens with zero attached hydrogens (tertiary/aromatic N) is 2. The van der Waals surface area contributed by atoms with E-state index < -0.39 is 37.5 Å². The molecule has 2 aromatic carbocycles. The molecule has 0 bridgehead atoms. The first-order chi connectivity index (χ1) is 13.7. The van der Waals surface area contributed by atoms with E-state index in [1.165, 1.54) is 36.5 Å². The normalized spacial score (nSPS) is 16.2. The number of hydrogen-bond donors (Lipinski definition) is 1. The summed E-state index contributed by atoms with van der Waals surface area (Å²) in [5.74, 6) is -1.68. The van der Waals surface area contributed by atoms with E-state index in [0.29, 0.717) is 0 Å². The minimum atomic E-state index is -4.42. The third-order valence-electron chi connectivity index (χ3n) is 4.15. The Bertz CT molecular complexity index is 1290. The molecule has 4 rings (SSSR count). The van der Waals surface area contributed by atoms with Gasteiger partial charge in [-0.2, -0.15) is 20.5 Å². The third kappa shape index (κ3) is 3.04. The molecule has 0 saturated carbocycles. The number of fused-ring (bicyclic) bond motifs is 1. The molecule has 1 N–H and O–H groups in total. The van der Waals surface area contributed by atoms with E-state index in [2.05, 4.69) is 10.3 Å². The smallest absolute Gasteiger partial charge is 0.279 e. The number of aromatic nitrogens is 1. The van der Waals surface area contributed by atoms with Crippen LogP contribution >= 0.6 is 0 Å². The number of benzene rings is 2. The van der Waals surface area contributed by atoms with Crippen molar-refractivity contribution in [1.82, 2.24) is 4.98 Å². The van der Waals surface area contributed by atoms with Crippen LogP contribution < -0.4 is 9.03 Å². The van der Waals surface area contributed by atoms with Crippen LogP contribution in [-0.4, -0.2) is 27.7 Å². The maximum absolute atomic E-state index is 14.6. The highest BCUT2D eigenvalue weighted by atomic mass is 32.3. The van der Waals surface area contributed by atoms with E-state index >= 15 is 0 Å². The molecular formula is C18H12FN3O5S2. The van der Waals surface area contributed by atoms with E-state index in [1.54, 1.807) is 12.1 Å². The van der Waals surface area contributed by atoms with Gasteiger partial charge in [-0.1, -0.05) is 18.2 Å². The Hall–Kier alpha value is -3.31. The fourth-order valence-electron chi connectivity index (χ4n) is 2.86. The van der Waals surface area contributed by atoms with Crippen LogP contribution in [0.25, 0.3) is 0 Å². The van der Waals surface area contributed by atoms with Crippen LogP contribution in [0.4, 0.5) is 15.8 Å². The molecule has 1 aliphatic heterocycles. The molecule has 8 nitrogen and oxygen atoms in total. The van der Waals surface area contributed by atoms with Crippen molar-refractivity contribution in [3.8, 4) is 0 Å². The standard InChI is InChI=1S/C18H12FN3O5S2/c19-13-11-12(8-9-14(13)21-18(23)15-5-3-4-10-20-15)22-28(24,25)16-6-1-2-7-17(16)29(22,26)27/h1-11H,(H,21,23). The molecule has 1 aromatic heterocycles. The average molecular weight is 433 g/mol. The summed E-state index contributed by atoms with van der Waals surface area (Å²) >= 11 is 0. The second-order valence-corrected chi connectivity index (χ2v) is 9.73. The molecule has 0 aliphatic carbocycles. The second-order valence-electron chi connectivity index (χ2n) is 5.99. The molecule has 0 unspecified atom stereocenters. The highest BCUT2D eigenvalue weighted by Gasteiger charge is 2.47. The van der Waals surface area contributed by atoms with Crippen molar-refractivity contribution in [3.05, 3.63) is 78.4 Å². The van der Waals surface area contributed by atoms with E-state index in [0.717, 1.165) is 18.2 Å². The minimum absolute atomic E-state index is 0.0520. The Morgan fingerprint density at radius 2 is 1.52 bits per heavy atom. The van der Waals surface area contributed by atoms with E-state index in [9.17, 15) is 26.0 Å². The predicted octanol–water partition coefficient (Wildman–Crippen LogP) is 2.37. The number of anilines is 2. The quantitative estimate of drug-likeness (QED) is 0.678. The Kier molecular flexibility index (Phi) is 4.35. The van der Waals surface area contributed by atoms with Crippen molar-refractivity contribution in [2.75, 3.05) is 9.03 Å². The van der Waals surface area contributed by atoms with Gasteiger partial charge in [0, 0.05) is 12.3 Å². The van der Waals surface area contributed by atoms with Crippen molar-refractivity contribution in [3.63, 3.8) is 0 Å². The highest BCUT2D eigenvalue weighted by Crippen LogP contribution is 2.40. The van der Waals surface area contributed by atoms with E-state index in [1.807, 2.05) is 0 Å². The minimum Gasteiger partial charge on any atom is -0.318 e. The Balaban J connectivity index is 1.71. The lowest BCUT2D eigenvalue weighted by Crippen LogP contribution is -2.30. The molecule has 0 spiro atoms. The first-order valence-electron chi connectivity index (χ1n) is 8.14.